The zero-order valence-electron chi connectivity index (χ0n) is 22.7. The van der Waals surface area contributed by atoms with Crippen molar-refractivity contribution in [1.82, 2.24) is 15.2 Å². The Kier molecular flexibility index (Phi) is 10.7. The van der Waals surface area contributed by atoms with E-state index < -0.39 is 36.6 Å². The highest BCUT2D eigenvalue weighted by atomic mass is 35.5. The molecule has 41 heavy (non-hydrogen) atoms. The van der Waals surface area contributed by atoms with Crippen LogP contribution in [0.1, 0.15) is 37.4 Å². The summed E-state index contributed by atoms with van der Waals surface area (Å²) in [4.78, 5) is 49.4. The Labute approximate surface area is 251 Å². The molecule has 220 valence electrons. The minimum Gasteiger partial charge on any atom is -0.463 e. The summed E-state index contributed by atoms with van der Waals surface area (Å²) in [5.41, 5.74) is 1.24. The SMILES string of the molecule is CCOC(=O)C1=C(CN2CCOCC2C(=O)OCC(=O)OC(C)C)NC(c2nccs2)=NC1c1ccc(Cl)cc1Cl. The summed E-state index contributed by atoms with van der Waals surface area (Å²) in [6.07, 6.45) is 1.31. The summed E-state index contributed by atoms with van der Waals surface area (Å²) < 4.78 is 21.3. The lowest BCUT2D eigenvalue weighted by Gasteiger charge is -2.36. The molecule has 0 bridgehead atoms. The Hall–Kier alpha value is -3.03. The Morgan fingerprint density at radius 3 is 2.73 bits per heavy atom. The molecular formula is C27H30Cl2N4O7S. The molecule has 2 atom stereocenters. The maximum Gasteiger partial charge on any atom is 0.344 e. The summed E-state index contributed by atoms with van der Waals surface area (Å²) in [5, 5.41) is 6.43. The van der Waals surface area contributed by atoms with Gasteiger partial charge in [-0.25, -0.2) is 14.6 Å². The smallest absolute Gasteiger partial charge is 0.344 e. The number of carbonyl (C=O) groups excluding carboxylic acids is 3. The van der Waals surface area contributed by atoms with Crippen molar-refractivity contribution >= 4 is 58.3 Å². The van der Waals surface area contributed by atoms with Crippen molar-refractivity contribution in [2.24, 2.45) is 4.99 Å². The first-order valence-corrected chi connectivity index (χ1v) is 14.6. The molecule has 2 unspecified atom stereocenters. The Balaban J connectivity index is 1.70. The van der Waals surface area contributed by atoms with Gasteiger partial charge in [0, 0.05) is 46.0 Å². The maximum atomic E-state index is 13.4. The number of aliphatic imine (C=N–C) groups is 1. The standard InChI is InChI=1S/C27H30Cl2N4O7S/c1-4-38-27(36)22-19(12-33-8-9-37-13-20(33)26(35)39-14-21(34)40-15(2)3)31-24(25-30-7-10-41-25)32-23(22)17-6-5-16(28)11-18(17)29/h5-7,10-11,15,20,23H,4,8-9,12-14H2,1-3H3,(H,31,32). The van der Waals surface area contributed by atoms with Crippen LogP contribution in [0.2, 0.25) is 10.0 Å². The number of hydrogen-bond acceptors (Lipinski definition) is 12. The van der Waals surface area contributed by atoms with E-state index in [0.717, 1.165) is 0 Å². The second-order valence-electron chi connectivity index (χ2n) is 9.33. The molecule has 0 spiro atoms. The number of nitrogens with zero attached hydrogens (tertiary/aromatic N) is 3. The number of benzene rings is 1. The molecule has 0 aliphatic carbocycles. The first kappa shape index (κ1) is 30.9. The third-order valence-electron chi connectivity index (χ3n) is 6.09. The molecule has 4 rings (SSSR count). The zero-order valence-corrected chi connectivity index (χ0v) is 25.1. The summed E-state index contributed by atoms with van der Waals surface area (Å²) in [5.74, 6) is -1.45. The van der Waals surface area contributed by atoms with Gasteiger partial charge in [0.1, 0.15) is 12.1 Å². The summed E-state index contributed by atoms with van der Waals surface area (Å²) in [7, 11) is 0. The van der Waals surface area contributed by atoms with Gasteiger partial charge in [0.2, 0.25) is 0 Å². The fraction of sp³-hybridized carbons (Fsp3) is 0.444. The van der Waals surface area contributed by atoms with E-state index in [1.807, 2.05) is 10.3 Å². The van der Waals surface area contributed by atoms with Gasteiger partial charge in [-0.15, -0.1) is 11.3 Å². The number of halogens is 2. The Morgan fingerprint density at radius 2 is 2.05 bits per heavy atom. The van der Waals surface area contributed by atoms with Crippen LogP contribution in [0.15, 0.2) is 46.0 Å². The van der Waals surface area contributed by atoms with E-state index in [0.29, 0.717) is 45.3 Å². The molecule has 1 saturated heterocycles. The van der Waals surface area contributed by atoms with Crippen LogP contribution < -0.4 is 5.32 Å². The summed E-state index contributed by atoms with van der Waals surface area (Å²) in [6.45, 7) is 5.59. The molecule has 1 aromatic heterocycles. The quantitative estimate of drug-likeness (QED) is 0.309. The molecule has 0 amide bonds. The van der Waals surface area contributed by atoms with Gasteiger partial charge < -0.3 is 24.3 Å². The van der Waals surface area contributed by atoms with Crippen molar-refractivity contribution in [3.8, 4) is 0 Å². The molecule has 3 heterocycles. The molecule has 11 nitrogen and oxygen atoms in total. The van der Waals surface area contributed by atoms with Crippen LogP contribution in [0.3, 0.4) is 0 Å². The molecule has 14 heteroatoms. The van der Waals surface area contributed by atoms with Gasteiger partial charge >= 0.3 is 17.9 Å². The van der Waals surface area contributed by atoms with E-state index in [1.54, 1.807) is 45.2 Å². The van der Waals surface area contributed by atoms with Crippen LogP contribution in [0.5, 0.6) is 0 Å². The highest BCUT2D eigenvalue weighted by Gasteiger charge is 2.38. The van der Waals surface area contributed by atoms with Crippen LogP contribution in [0, 0.1) is 0 Å². The number of morpholine rings is 1. The third kappa shape index (κ3) is 7.83. The number of carbonyl (C=O) groups is 3. The zero-order chi connectivity index (χ0) is 29.5. The largest absolute Gasteiger partial charge is 0.463 e. The van der Waals surface area contributed by atoms with Crippen molar-refractivity contribution in [3.05, 3.63) is 61.7 Å². The van der Waals surface area contributed by atoms with E-state index in [4.69, 9.17) is 47.1 Å². The number of rotatable bonds is 10. The van der Waals surface area contributed by atoms with Crippen molar-refractivity contribution in [2.45, 2.75) is 39.0 Å². The number of hydrogen-bond donors (Lipinski definition) is 1. The third-order valence-corrected chi connectivity index (χ3v) is 7.43. The average molecular weight is 626 g/mol. The first-order chi connectivity index (χ1) is 19.7. The monoisotopic (exact) mass is 624 g/mol. The summed E-state index contributed by atoms with van der Waals surface area (Å²) in [6, 6.07) is 3.29. The highest BCUT2D eigenvalue weighted by Crippen LogP contribution is 2.37. The molecular weight excluding hydrogens is 595 g/mol. The van der Waals surface area contributed by atoms with Crippen molar-refractivity contribution < 1.29 is 33.3 Å². The minimum atomic E-state index is -0.841. The normalized spacial score (nSPS) is 19.4. The Bertz CT molecular complexity index is 1330. The van der Waals surface area contributed by atoms with E-state index in [-0.39, 0.29) is 31.4 Å². The summed E-state index contributed by atoms with van der Waals surface area (Å²) >= 11 is 14.1. The molecule has 2 aromatic rings. The fourth-order valence-corrected chi connectivity index (χ4v) is 5.44. The molecule has 1 fully saturated rings. The van der Waals surface area contributed by atoms with Gasteiger partial charge in [0.05, 0.1) is 31.5 Å². The minimum absolute atomic E-state index is 0.0416. The first-order valence-electron chi connectivity index (χ1n) is 13.0. The van der Waals surface area contributed by atoms with Crippen LogP contribution in [0.4, 0.5) is 0 Å². The van der Waals surface area contributed by atoms with Gasteiger partial charge in [-0.05, 0) is 32.9 Å². The fourth-order valence-electron chi connectivity index (χ4n) is 4.34. The molecule has 2 aliphatic rings. The van der Waals surface area contributed by atoms with Gasteiger partial charge in [-0.1, -0.05) is 29.3 Å². The van der Waals surface area contributed by atoms with E-state index >= 15 is 0 Å². The van der Waals surface area contributed by atoms with Crippen molar-refractivity contribution in [3.63, 3.8) is 0 Å². The predicted octanol–water partition coefficient (Wildman–Crippen LogP) is 3.55. The number of nitrogens with one attached hydrogen (secondary N) is 1. The Morgan fingerprint density at radius 1 is 1.24 bits per heavy atom. The van der Waals surface area contributed by atoms with E-state index in [2.05, 4.69) is 10.3 Å². The predicted molar refractivity (Wildman–Crippen MR) is 153 cm³/mol. The molecule has 0 radical (unpaired) electrons. The van der Waals surface area contributed by atoms with Crippen LogP contribution >= 0.6 is 34.5 Å². The lowest BCUT2D eigenvalue weighted by molar-refractivity contribution is -0.167. The van der Waals surface area contributed by atoms with Crippen LogP contribution in [-0.4, -0.2) is 85.3 Å². The topological polar surface area (TPSA) is 129 Å². The van der Waals surface area contributed by atoms with Crippen LogP contribution in [0.25, 0.3) is 0 Å². The molecule has 2 aliphatic heterocycles. The van der Waals surface area contributed by atoms with E-state index in [1.165, 1.54) is 11.3 Å². The van der Waals surface area contributed by atoms with Gasteiger partial charge in [0.25, 0.3) is 0 Å². The highest BCUT2D eigenvalue weighted by molar-refractivity contribution is 7.11. The average Bonchev–Trinajstić information content (AvgIpc) is 3.47. The van der Waals surface area contributed by atoms with Gasteiger partial charge in [-0.2, -0.15) is 0 Å². The number of thiazole rings is 1. The van der Waals surface area contributed by atoms with Crippen molar-refractivity contribution in [2.75, 3.05) is 39.5 Å². The molecule has 1 aromatic carbocycles. The lowest BCUT2D eigenvalue weighted by Crippen LogP contribution is -2.53. The lowest BCUT2D eigenvalue weighted by atomic mass is 9.95. The number of esters is 3. The second kappa shape index (κ2) is 14.2. The van der Waals surface area contributed by atoms with Crippen LogP contribution in [-0.2, 0) is 33.3 Å². The molecule has 0 saturated carbocycles. The van der Waals surface area contributed by atoms with Gasteiger partial charge in [0.15, 0.2) is 17.5 Å². The molecule has 1 N–H and O–H groups in total. The van der Waals surface area contributed by atoms with Crippen molar-refractivity contribution in [1.29, 1.82) is 0 Å². The number of aromatic nitrogens is 1. The number of amidine groups is 1. The maximum absolute atomic E-state index is 13.4. The van der Waals surface area contributed by atoms with E-state index in [9.17, 15) is 14.4 Å². The number of ether oxygens (including phenoxy) is 4. The van der Waals surface area contributed by atoms with Gasteiger partial charge in [-0.3, -0.25) is 14.7 Å². The second-order valence-corrected chi connectivity index (χ2v) is 11.1.